The first kappa shape index (κ1) is 40.3. The van der Waals surface area contributed by atoms with Gasteiger partial charge in [-0.05, 0) is 127 Å². The van der Waals surface area contributed by atoms with Crippen molar-refractivity contribution in [2.45, 2.75) is 20.6 Å². The maximum Gasteiger partial charge on any atom is 0.132 e. The average molecular weight is 922 g/mol. The van der Waals surface area contributed by atoms with E-state index in [1.807, 2.05) is 11.8 Å². The van der Waals surface area contributed by atoms with E-state index in [-0.39, 0.29) is 0 Å². The van der Waals surface area contributed by atoms with E-state index < -0.39 is 10.8 Å². The van der Waals surface area contributed by atoms with E-state index >= 15 is 0 Å². The molecule has 0 radical (unpaired) electrons. The van der Waals surface area contributed by atoms with E-state index in [1.54, 1.807) is 0 Å². The van der Waals surface area contributed by atoms with Gasteiger partial charge in [-0.3, -0.25) is 0 Å². The Kier molecular flexibility index (Phi) is 8.76. The maximum atomic E-state index is 6.77. The minimum absolute atomic E-state index is 0.530. The Bertz CT molecular complexity index is 3870. The molecule has 0 fully saturated rings. The first-order chi connectivity index (χ1) is 35.2. The predicted molar refractivity (Wildman–Crippen MR) is 291 cm³/mol. The number of para-hydroxylation sites is 3. The fraction of sp³-hybridized carbons (Fsp3) is 0.0294. The van der Waals surface area contributed by atoms with Crippen LogP contribution in [-0.4, -0.2) is 0 Å². The summed E-state index contributed by atoms with van der Waals surface area (Å²) in [4.78, 5) is 5.09. The van der Waals surface area contributed by atoms with Crippen LogP contribution < -0.4 is 9.64 Å². The van der Waals surface area contributed by atoms with Gasteiger partial charge in [-0.25, -0.2) is 0 Å². The molecule has 0 unspecified atom stereocenters. The van der Waals surface area contributed by atoms with Crippen LogP contribution in [0, 0.1) is 0 Å². The fourth-order valence-corrected chi connectivity index (χ4v) is 14.0. The van der Waals surface area contributed by atoms with Gasteiger partial charge in [0.05, 0.1) is 16.5 Å². The molecule has 11 aromatic rings. The van der Waals surface area contributed by atoms with Gasteiger partial charge in [-0.1, -0.05) is 218 Å². The number of benzene rings is 11. The molecule has 2 nitrogen and oxygen atoms in total. The molecule has 4 aliphatic rings. The van der Waals surface area contributed by atoms with Gasteiger partial charge in [0, 0.05) is 37.9 Å². The highest BCUT2D eigenvalue weighted by atomic mass is 32.2. The van der Waals surface area contributed by atoms with E-state index in [1.165, 1.54) is 76.6 Å². The third-order valence-corrected chi connectivity index (χ3v) is 16.8. The number of hydrogen-bond donors (Lipinski definition) is 0. The zero-order valence-corrected chi connectivity index (χ0v) is 39.4. The molecular formula is C68H43NOS. The molecule has 0 saturated carbocycles. The normalized spacial score (nSPS) is 14.2. The minimum atomic E-state index is -0.622. The van der Waals surface area contributed by atoms with Gasteiger partial charge in [0.1, 0.15) is 11.5 Å². The zero-order chi connectivity index (χ0) is 46.7. The summed E-state index contributed by atoms with van der Waals surface area (Å²) in [5.41, 5.74) is 22.0. The average Bonchev–Trinajstić information content (AvgIpc) is 3.90. The molecule has 2 aliphatic carbocycles. The lowest BCUT2D eigenvalue weighted by Crippen LogP contribution is -2.32. The van der Waals surface area contributed by atoms with Crippen LogP contribution in [-0.2, 0) is 10.8 Å². The number of anilines is 3. The van der Waals surface area contributed by atoms with Gasteiger partial charge in [-0.2, -0.15) is 0 Å². The summed E-state index contributed by atoms with van der Waals surface area (Å²) in [5.74, 6) is 1.77. The van der Waals surface area contributed by atoms with Crippen LogP contribution in [0.25, 0.3) is 44.5 Å². The molecule has 2 heterocycles. The van der Waals surface area contributed by atoms with E-state index in [0.29, 0.717) is 0 Å². The van der Waals surface area contributed by atoms with Crippen LogP contribution in [0.15, 0.2) is 271 Å². The van der Waals surface area contributed by atoms with Crippen LogP contribution in [0.5, 0.6) is 11.5 Å². The maximum absolute atomic E-state index is 6.77. The highest BCUT2D eigenvalue weighted by Crippen LogP contribution is 2.65. The highest BCUT2D eigenvalue weighted by Gasteiger charge is 2.52. The van der Waals surface area contributed by atoms with Gasteiger partial charge in [0.2, 0.25) is 0 Å². The Morgan fingerprint density at radius 3 is 1.34 bits per heavy atom. The zero-order valence-electron chi connectivity index (χ0n) is 38.6. The molecule has 0 bridgehead atoms. The van der Waals surface area contributed by atoms with E-state index in [4.69, 9.17) is 4.74 Å². The number of nitrogens with zero attached hydrogens (tertiary/aromatic N) is 1. The molecule has 15 rings (SSSR count). The summed E-state index contributed by atoms with van der Waals surface area (Å²) in [6.45, 7) is 0. The summed E-state index contributed by atoms with van der Waals surface area (Å²) in [6.07, 6.45) is 0. The Labute approximate surface area is 418 Å². The molecule has 2 spiro atoms. The summed E-state index contributed by atoms with van der Waals surface area (Å²) < 4.78 is 6.77. The van der Waals surface area contributed by atoms with Gasteiger partial charge in [0.25, 0.3) is 0 Å². The lowest BCUT2D eigenvalue weighted by Gasteiger charge is -2.41. The largest absolute Gasteiger partial charge is 0.457 e. The molecule has 11 aromatic carbocycles. The van der Waals surface area contributed by atoms with Crippen molar-refractivity contribution in [3.63, 3.8) is 0 Å². The molecule has 332 valence electrons. The summed E-state index contributed by atoms with van der Waals surface area (Å²) in [6, 6.07) is 96.7. The Morgan fingerprint density at radius 1 is 0.282 bits per heavy atom. The van der Waals surface area contributed by atoms with Crippen LogP contribution in [0.4, 0.5) is 17.1 Å². The SMILES string of the molecule is c1ccc(-c2ccc(-c3ccccc3N(c3ccc4c(c3)C3(c5ccccc5S4)c4ccccc4-c4ccccc43)c3ccc4c(c3)C3(c5ccccc5Oc5ccccc53)c3ccccc3-4)cc2)cc1. The number of rotatable bonds is 5. The minimum Gasteiger partial charge on any atom is -0.457 e. The molecule has 0 amide bonds. The van der Waals surface area contributed by atoms with Crippen molar-refractivity contribution in [1.29, 1.82) is 0 Å². The van der Waals surface area contributed by atoms with Crippen LogP contribution in [0.2, 0.25) is 0 Å². The molecule has 0 aromatic heterocycles. The van der Waals surface area contributed by atoms with E-state index in [9.17, 15) is 0 Å². The van der Waals surface area contributed by atoms with Crippen molar-refractivity contribution in [2.24, 2.45) is 0 Å². The second-order valence-electron chi connectivity index (χ2n) is 19.0. The lowest BCUT2D eigenvalue weighted by atomic mass is 9.66. The van der Waals surface area contributed by atoms with Gasteiger partial charge in [0.15, 0.2) is 0 Å². The van der Waals surface area contributed by atoms with E-state index in [2.05, 4.69) is 266 Å². The number of fused-ring (bicyclic) bond motifs is 18. The smallest absolute Gasteiger partial charge is 0.132 e. The topological polar surface area (TPSA) is 12.5 Å². The van der Waals surface area contributed by atoms with Crippen LogP contribution in [0.1, 0.15) is 44.5 Å². The fourth-order valence-electron chi connectivity index (χ4n) is 12.8. The first-order valence-corrected chi connectivity index (χ1v) is 25.3. The lowest BCUT2D eigenvalue weighted by molar-refractivity contribution is 0.436. The van der Waals surface area contributed by atoms with Gasteiger partial charge < -0.3 is 9.64 Å². The molecule has 0 atom stereocenters. The van der Waals surface area contributed by atoms with Crippen molar-refractivity contribution in [1.82, 2.24) is 0 Å². The molecule has 2 aliphatic heterocycles. The standard InChI is InChI=1S/C68H43NOS/c1-2-18-44(19-3-1)45-34-36-46(37-35-45)49-20-7-14-30-62(49)69(47-38-40-53-52-23-6-10-26-56(52)68(60(53)42-47)57-27-11-15-31-63(57)70-64-32-16-12-28-58(64)68)48-39-41-66-61(43-48)67(59-29-13-17-33-65(59)71-66)54-24-8-4-21-50(54)51-22-5-9-25-55(51)67/h1-43H. The highest BCUT2D eigenvalue weighted by molar-refractivity contribution is 7.99. The van der Waals surface area contributed by atoms with Crippen LogP contribution in [0.3, 0.4) is 0 Å². The van der Waals surface area contributed by atoms with Crippen molar-refractivity contribution < 1.29 is 4.74 Å². The number of ether oxygens (including phenoxy) is 1. The first-order valence-electron chi connectivity index (χ1n) is 24.5. The quantitative estimate of drug-likeness (QED) is 0.171. The van der Waals surface area contributed by atoms with E-state index in [0.717, 1.165) is 50.8 Å². The van der Waals surface area contributed by atoms with Gasteiger partial charge >= 0.3 is 0 Å². The van der Waals surface area contributed by atoms with Crippen LogP contribution >= 0.6 is 11.8 Å². The van der Waals surface area contributed by atoms with Crippen molar-refractivity contribution in [3.8, 4) is 56.0 Å². The second-order valence-corrected chi connectivity index (χ2v) is 20.1. The van der Waals surface area contributed by atoms with Crippen molar-refractivity contribution in [2.75, 3.05) is 4.90 Å². The summed E-state index contributed by atoms with van der Waals surface area (Å²) in [5, 5.41) is 0. The summed E-state index contributed by atoms with van der Waals surface area (Å²) >= 11 is 1.88. The Hall–Kier alpha value is -8.63. The third-order valence-electron chi connectivity index (χ3n) is 15.6. The predicted octanol–water partition coefficient (Wildman–Crippen LogP) is 17.8. The summed E-state index contributed by atoms with van der Waals surface area (Å²) in [7, 11) is 0. The molecule has 0 saturated heterocycles. The van der Waals surface area contributed by atoms with Crippen molar-refractivity contribution >= 4 is 28.8 Å². The second kappa shape index (κ2) is 15.4. The Balaban J connectivity index is 1.01. The van der Waals surface area contributed by atoms with Gasteiger partial charge in [-0.15, -0.1) is 0 Å². The monoisotopic (exact) mass is 921 g/mol. The molecule has 71 heavy (non-hydrogen) atoms. The van der Waals surface area contributed by atoms with Crippen molar-refractivity contribution in [3.05, 3.63) is 305 Å². The number of hydrogen-bond acceptors (Lipinski definition) is 3. The molecule has 0 N–H and O–H groups in total. The Morgan fingerprint density at radius 2 is 0.704 bits per heavy atom. The third kappa shape index (κ3) is 5.61. The molecule has 3 heteroatoms. The molecular weight excluding hydrogens is 879 g/mol.